The largest absolute Gasteiger partial charge is 0.485 e. The Hall–Kier alpha value is -3.18. The highest BCUT2D eigenvalue weighted by Crippen LogP contribution is 2.35. The molecule has 0 amide bonds. The van der Waals surface area contributed by atoms with E-state index in [1.807, 2.05) is 55.5 Å². The monoisotopic (exact) mass is 448 g/mol. The van der Waals surface area contributed by atoms with Gasteiger partial charge < -0.3 is 9.15 Å². The zero-order valence-electron chi connectivity index (χ0n) is 15.6. The molecule has 0 aliphatic rings. The summed E-state index contributed by atoms with van der Waals surface area (Å²) < 4.78 is 12.3. The van der Waals surface area contributed by atoms with Crippen molar-refractivity contribution in [3.8, 4) is 16.9 Å². The van der Waals surface area contributed by atoms with E-state index in [0.29, 0.717) is 27.8 Å². The number of carbonyl (C=O) groups is 1. The molecule has 0 spiro atoms. The molecule has 0 N–H and O–H groups in total. The summed E-state index contributed by atoms with van der Waals surface area (Å²) in [5.74, 6) is 0.374. The highest BCUT2D eigenvalue weighted by Gasteiger charge is 2.15. The van der Waals surface area contributed by atoms with Crippen LogP contribution in [0, 0.1) is 6.92 Å². The highest BCUT2D eigenvalue weighted by atomic mass is 79.9. The maximum atomic E-state index is 12.5. The van der Waals surface area contributed by atoms with Crippen molar-refractivity contribution in [1.29, 1.82) is 0 Å². The van der Waals surface area contributed by atoms with E-state index >= 15 is 0 Å². The number of Topliss-reactive ketones (excluding diaryl/α,β-unsaturated/α-hetero) is 1. The van der Waals surface area contributed by atoms with Crippen LogP contribution in [0.1, 0.15) is 15.9 Å². The molecule has 3 aromatic carbocycles. The summed E-state index contributed by atoms with van der Waals surface area (Å²) in [5.41, 5.74) is 3.03. The fourth-order valence-corrected chi connectivity index (χ4v) is 3.48. The molecule has 0 saturated carbocycles. The molecule has 4 rings (SSSR count). The van der Waals surface area contributed by atoms with E-state index in [4.69, 9.17) is 9.15 Å². The minimum Gasteiger partial charge on any atom is -0.485 e. The number of hydrogen-bond acceptors (Lipinski definition) is 4. The van der Waals surface area contributed by atoms with Crippen LogP contribution in [-0.4, -0.2) is 12.4 Å². The first-order valence-corrected chi connectivity index (χ1v) is 9.86. The predicted molar refractivity (Wildman–Crippen MR) is 117 cm³/mol. The average Bonchev–Trinajstić information content (AvgIpc) is 2.72. The lowest BCUT2D eigenvalue weighted by Crippen LogP contribution is -2.12. The van der Waals surface area contributed by atoms with Crippen LogP contribution in [-0.2, 0) is 0 Å². The fraction of sp³-hybridized carbons (Fsp3) is 0.0833. The molecule has 1 heterocycles. The number of fused-ring (bicyclic) bond motifs is 1. The first kappa shape index (κ1) is 19.2. The predicted octanol–water partition coefficient (Wildman–Crippen LogP) is 5.79. The normalized spacial score (nSPS) is 10.8. The van der Waals surface area contributed by atoms with Crippen molar-refractivity contribution < 1.29 is 13.9 Å². The summed E-state index contributed by atoms with van der Waals surface area (Å²) in [6.07, 6.45) is 0. The van der Waals surface area contributed by atoms with Gasteiger partial charge in [-0.05, 0) is 42.3 Å². The minimum atomic E-state index is -0.432. The average molecular weight is 449 g/mol. The maximum Gasteiger partial charge on any atom is 0.336 e. The molecule has 0 unspecified atom stereocenters. The Bertz CT molecular complexity index is 1240. The molecular weight excluding hydrogens is 432 g/mol. The summed E-state index contributed by atoms with van der Waals surface area (Å²) >= 11 is 3.36. The zero-order chi connectivity index (χ0) is 20.4. The van der Waals surface area contributed by atoms with Gasteiger partial charge in [-0.25, -0.2) is 4.79 Å². The molecule has 0 atom stereocenters. The van der Waals surface area contributed by atoms with E-state index in [9.17, 15) is 9.59 Å². The van der Waals surface area contributed by atoms with Crippen LogP contribution in [0.3, 0.4) is 0 Å². The minimum absolute atomic E-state index is 0.118. The van der Waals surface area contributed by atoms with Crippen LogP contribution in [0.4, 0.5) is 0 Å². The van der Waals surface area contributed by atoms with Gasteiger partial charge in [-0.3, -0.25) is 4.79 Å². The molecule has 4 nitrogen and oxygen atoms in total. The van der Waals surface area contributed by atoms with Crippen molar-refractivity contribution >= 4 is 32.7 Å². The van der Waals surface area contributed by atoms with Crippen molar-refractivity contribution in [2.45, 2.75) is 6.92 Å². The molecule has 144 valence electrons. The smallest absolute Gasteiger partial charge is 0.336 e. The van der Waals surface area contributed by atoms with Crippen LogP contribution in [0.15, 0.2) is 86.5 Å². The second-order valence-corrected chi connectivity index (χ2v) is 7.62. The summed E-state index contributed by atoms with van der Waals surface area (Å²) in [4.78, 5) is 24.7. The Balaban J connectivity index is 1.76. The molecule has 0 saturated heterocycles. The number of benzene rings is 3. The van der Waals surface area contributed by atoms with E-state index in [1.54, 1.807) is 18.2 Å². The molecule has 0 bridgehead atoms. The number of ketones is 1. The number of hydrogen-bond donors (Lipinski definition) is 0. The molecule has 4 aromatic rings. The molecule has 1 aromatic heterocycles. The Kier molecular flexibility index (Phi) is 5.32. The molecule has 0 fully saturated rings. The zero-order valence-corrected chi connectivity index (χ0v) is 17.2. The van der Waals surface area contributed by atoms with Gasteiger partial charge >= 0.3 is 5.63 Å². The van der Waals surface area contributed by atoms with E-state index in [-0.39, 0.29) is 12.4 Å². The van der Waals surface area contributed by atoms with Gasteiger partial charge in [0.1, 0.15) is 11.3 Å². The third-order valence-electron chi connectivity index (χ3n) is 4.56. The van der Waals surface area contributed by atoms with Gasteiger partial charge in [-0.2, -0.15) is 0 Å². The number of rotatable bonds is 5. The van der Waals surface area contributed by atoms with Crippen LogP contribution >= 0.6 is 15.9 Å². The number of ether oxygens (including phenoxy) is 1. The van der Waals surface area contributed by atoms with Crippen LogP contribution in [0.5, 0.6) is 5.75 Å². The molecule has 0 aliphatic carbocycles. The lowest BCUT2D eigenvalue weighted by atomic mass is 10.0. The molecule has 0 radical (unpaired) electrons. The lowest BCUT2D eigenvalue weighted by Gasteiger charge is -2.13. The van der Waals surface area contributed by atoms with E-state index in [2.05, 4.69) is 15.9 Å². The van der Waals surface area contributed by atoms with Gasteiger partial charge in [0.25, 0.3) is 0 Å². The van der Waals surface area contributed by atoms with Gasteiger partial charge in [0.15, 0.2) is 12.4 Å². The summed E-state index contributed by atoms with van der Waals surface area (Å²) in [6.45, 7) is 1.77. The Morgan fingerprint density at radius 2 is 1.72 bits per heavy atom. The Morgan fingerprint density at radius 1 is 1.00 bits per heavy atom. The SMILES string of the molecule is Cc1cc(OCC(=O)c2ccc(Br)cc2)c2c(-c3ccccc3)cc(=O)oc2c1. The third kappa shape index (κ3) is 4.15. The second kappa shape index (κ2) is 8.05. The highest BCUT2D eigenvalue weighted by molar-refractivity contribution is 9.10. The summed E-state index contributed by atoms with van der Waals surface area (Å²) in [6, 6.07) is 21.8. The number of aryl methyl sites for hydroxylation is 1. The van der Waals surface area contributed by atoms with Gasteiger partial charge in [-0.1, -0.05) is 58.4 Å². The van der Waals surface area contributed by atoms with Gasteiger partial charge in [0.05, 0.1) is 5.39 Å². The Labute approximate surface area is 175 Å². The van der Waals surface area contributed by atoms with E-state index < -0.39 is 5.63 Å². The number of carbonyl (C=O) groups excluding carboxylic acids is 1. The molecule has 29 heavy (non-hydrogen) atoms. The van der Waals surface area contributed by atoms with Crippen molar-refractivity contribution in [2.24, 2.45) is 0 Å². The van der Waals surface area contributed by atoms with Crippen molar-refractivity contribution in [1.82, 2.24) is 0 Å². The molecule has 5 heteroatoms. The maximum absolute atomic E-state index is 12.5. The van der Waals surface area contributed by atoms with Gasteiger partial charge in [-0.15, -0.1) is 0 Å². The molecule has 0 aliphatic heterocycles. The van der Waals surface area contributed by atoms with Crippen LogP contribution < -0.4 is 10.4 Å². The third-order valence-corrected chi connectivity index (χ3v) is 5.09. The van der Waals surface area contributed by atoms with Crippen molar-refractivity contribution in [3.63, 3.8) is 0 Å². The first-order chi connectivity index (χ1) is 14.0. The summed E-state index contributed by atoms with van der Waals surface area (Å²) in [5, 5.41) is 0.671. The van der Waals surface area contributed by atoms with Gasteiger partial charge in [0.2, 0.25) is 0 Å². The molecular formula is C24H17BrO4. The van der Waals surface area contributed by atoms with Crippen molar-refractivity contribution in [3.05, 3.63) is 98.8 Å². The van der Waals surface area contributed by atoms with E-state index in [1.165, 1.54) is 6.07 Å². The standard InChI is InChI=1S/C24H17BrO4/c1-15-11-21(28-14-20(26)17-7-9-18(25)10-8-17)24-19(16-5-3-2-4-6-16)13-23(27)29-22(24)12-15/h2-13H,14H2,1H3. The van der Waals surface area contributed by atoms with Gasteiger partial charge in [0, 0.05) is 21.7 Å². The second-order valence-electron chi connectivity index (χ2n) is 6.70. The topological polar surface area (TPSA) is 56.5 Å². The quantitative estimate of drug-likeness (QED) is 0.286. The van der Waals surface area contributed by atoms with Crippen LogP contribution in [0.25, 0.3) is 22.1 Å². The number of halogens is 1. The first-order valence-electron chi connectivity index (χ1n) is 9.07. The van der Waals surface area contributed by atoms with Crippen molar-refractivity contribution in [2.75, 3.05) is 6.61 Å². The fourth-order valence-electron chi connectivity index (χ4n) is 3.22. The summed E-state index contributed by atoms with van der Waals surface area (Å²) in [7, 11) is 0. The van der Waals surface area contributed by atoms with E-state index in [0.717, 1.165) is 15.6 Å². The lowest BCUT2D eigenvalue weighted by molar-refractivity contribution is 0.0922. The Morgan fingerprint density at radius 3 is 2.45 bits per heavy atom. The van der Waals surface area contributed by atoms with Crippen LogP contribution in [0.2, 0.25) is 0 Å².